The van der Waals surface area contributed by atoms with Crippen LogP contribution in [0.4, 0.5) is 0 Å². The number of halogens is 2. The molecule has 3 N–H and O–H groups in total. The molecule has 0 aliphatic heterocycles. The second kappa shape index (κ2) is 3.86. The van der Waals surface area contributed by atoms with Crippen LogP contribution in [0.2, 0.25) is 0 Å². The Hall–Kier alpha value is 0.630. The summed E-state index contributed by atoms with van der Waals surface area (Å²) in [5, 5.41) is 0. The molecule has 0 saturated heterocycles. The van der Waals surface area contributed by atoms with Crippen molar-refractivity contribution in [2.45, 2.75) is 6.42 Å². The van der Waals surface area contributed by atoms with Crippen molar-refractivity contribution < 1.29 is 0 Å². The van der Waals surface area contributed by atoms with E-state index in [9.17, 15) is 0 Å². The highest BCUT2D eigenvalue weighted by Crippen LogP contribution is 2.10. The lowest BCUT2D eigenvalue weighted by Gasteiger charge is -1.89. The normalized spacial score (nSPS) is 10.3. The smallest absolute Gasteiger partial charge is 0.169 e. The first-order valence-electron chi connectivity index (χ1n) is 2.84. The van der Waals surface area contributed by atoms with Crippen LogP contribution in [0.25, 0.3) is 0 Å². The van der Waals surface area contributed by atoms with Crippen molar-refractivity contribution in [3.63, 3.8) is 0 Å². The molecule has 0 aliphatic carbocycles. The molecule has 5 heteroatoms. The predicted molar refractivity (Wildman–Crippen MR) is 56.8 cm³/mol. The summed E-state index contributed by atoms with van der Waals surface area (Å²) in [5.41, 5.74) is 6.46. The van der Waals surface area contributed by atoms with Crippen LogP contribution >= 0.6 is 45.2 Å². The molecule has 3 nitrogen and oxygen atoms in total. The number of rotatable bonds is 2. The number of imidazole rings is 1. The molecule has 1 aromatic rings. The Labute approximate surface area is 86.5 Å². The van der Waals surface area contributed by atoms with Gasteiger partial charge in [-0.3, -0.25) is 0 Å². The maximum atomic E-state index is 5.38. The lowest BCUT2D eigenvalue weighted by molar-refractivity contribution is 0.926. The Bertz CT molecular complexity index is 221. The van der Waals surface area contributed by atoms with E-state index in [-0.39, 0.29) is 0 Å². The van der Waals surface area contributed by atoms with Gasteiger partial charge in [-0.05, 0) is 51.7 Å². The molecule has 1 aromatic heterocycles. The monoisotopic (exact) mass is 363 g/mol. The number of aromatic amines is 1. The first-order chi connectivity index (χ1) is 4.74. The van der Waals surface area contributed by atoms with Crippen molar-refractivity contribution in [1.82, 2.24) is 9.97 Å². The molecule has 56 valence electrons. The topological polar surface area (TPSA) is 54.7 Å². The standard InChI is InChI=1S/C5H7I2N3/c6-4-3(1-2-8)9-5(7)10-4/h1-2,8H2,(H,9,10). The van der Waals surface area contributed by atoms with Gasteiger partial charge in [0.1, 0.15) is 3.70 Å². The molecule has 0 bridgehead atoms. The largest absolute Gasteiger partial charge is 0.330 e. The second-order valence-electron chi connectivity index (χ2n) is 1.83. The Morgan fingerprint density at radius 3 is 2.60 bits per heavy atom. The van der Waals surface area contributed by atoms with Crippen LogP contribution in [0.15, 0.2) is 0 Å². The van der Waals surface area contributed by atoms with Gasteiger partial charge < -0.3 is 10.7 Å². The molecule has 0 aliphatic rings. The summed E-state index contributed by atoms with van der Waals surface area (Å²) in [6.45, 7) is 0.664. The van der Waals surface area contributed by atoms with Crippen molar-refractivity contribution in [1.29, 1.82) is 0 Å². The zero-order valence-corrected chi connectivity index (χ0v) is 9.51. The molecule has 0 radical (unpaired) electrons. The van der Waals surface area contributed by atoms with Gasteiger partial charge in [0, 0.05) is 6.42 Å². The van der Waals surface area contributed by atoms with Gasteiger partial charge in [-0.1, -0.05) is 0 Å². The van der Waals surface area contributed by atoms with E-state index in [1.54, 1.807) is 0 Å². The van der Waals surface area contributed by atoms with Crippen LogP contribution in [0, 0.1) is 7.53 Å². The van der Waals surface area contributed by atoms with Crippen molar-refractivity contribution >= 4 is 45.2 Å². The maximum absolute atomic E-state index is 5.38. The number of hydrogen-bond acceptors (Lipinski definition) is 2. The van der Waals surface area contributed by atoms with Crippen molar-refractivity contribution in [2.75, 3.05) is 6.54 Å². The van der Waals surface area contributed by atoms with E-state index in [2.05, 4.69) is 55.1 Å². The van der Waals surface area contributed by atoms with Crippen molar-refractivity contribution in [2.24, 2.45) is 5.73 Å². The summed E-state index contributed by atoms with van der Waals surface area (Å²) in [5.74, 6) is 0. The Balaban J connectivity index is 2.81. The third-order valence-corrected chi connectivity index (χ3v) is 2.48. The molecule has 0 unspecified atom stereocenters. The molecule has 0 spiro atoms. The van der Waals surface area contributed by atoms with Gasteiger partial charge in [0.2, 0.25) is 0 Å². The van der Waals surface area contributed by atoms with E-state index >= 15 is 0 Å². The molecule has 0 aromatic carbocycles. The molecule has 0 fully saturated rings. The minimum Gasteiger partial charge on any atom is -0.330 e. The summed E-state index contributed by atoms with van der Waals surface area (Å²) < 4.78 is 2.04. The van der Waals surface area contributed by atoms with Gasteiger partial charge >= 0.3 is 0 Å². The summed E-state index contributed by atoms with van der Waals surface area (Å²) in [6.07, 6.45) is 0.859. The lowest BCUT2D eigenvalue weighted by Crippen LogP contribution is -2.03. The summed E-state index contributed by atoms with van der Waals surface area (Å²) >= 11 is 4.38. The highest BCUT2D eigenvalue weighted by Gasteiger charge is 2.03. The van der Waals surface area contributed by atoms with Gasteiger partial charge in [0.15, 0.2) is 3.83 Å². The van der Waals surface area contributed by atoms with E-state index in [4.69, 9.17) is 5.73 Å². The van der Waals surface area contributed by atoms with Gasteiger partial charge in [-0.2, -0.15) is 0 Å². The first kappa shape index (κ1) is 8.72. The van der Waals surface area contributed by atoms with E-state index < -0.39 is 0 Å². The Morgan fingerprint density at radius 2 is 2.20 bits per heavy atom. The number of nitrogens with zero attached hydrogens (tertiary/aromatic N) is 1. The summed E-state index contributed by atoms with van der Waals surface area (Å²) in [4.78, 5) is 7.34. The van der Waals surface area contributed by atoms with E-state index in [1.165, 1.54) is 0 Å². The van der Waals surface area contributed by atoms with Crippen LogP contribution in [0.3, 0.4) is 0 Å². The molecule has 1 rings (SSSR count). The zero-order chi connectivity index (χ0) is 7.56. The van der Waals surface area contributed by atoms with E-state index in [0.29, 0.717) is 6.54 Å². The SMILES string of the molecule is NCCc1nc(I)[nH]c1I. The average molecular weight is 363 g/mol. The fourth-order valence-corrected chi connectivity index (χ4v) is 2.38. The average Bonchev–Trinajstić information content (AvgIpc) is 2.13. The molecular formula is C5H7I2N3. The second-order valence-corrected chi connectivity index (χ2v) is 3.93. The highest BCUT2D eigenvalue weighted by molar-refractivity contribution is 14.1. The number of nitrogens with one attached hydrogen (secondary N) is 1. The predicted octanol–water partition coefficient (Wildman–Crippen LogP) is 1.12. The fraction of sp³-hybridized carbons (Fsp3) is 0.400. The first-order valence-corrected chi connectivity index (χ1v) is 4.99. The van der Waals surface area contributed by atoms with Crippen LogP contribution < -0.4 is 5.73 Å². The third-order valence-electron chi connectivity index (χ3n) is 1.08. The molecule has 1 heterocycles. The summed E-state index contributed by atoms with van der Waals surface area (Å²) in [7, 11) is 0. The number of aromatic nitrogens is 2. The third kappa shape index (κ3) is 2.06. The number of nitrogens with two attached hydrogens (primary N) is 1. The maximum Gasteiger partial charge on any atom is 0.169 e. The Kier molecular flexibility index (Phi) is 3.37. The van der Waals surface area contributed by atoms with Gasteiger partial charge in [-0.25, -0.2) is 4.98 Å². The molecule has 10 heavy (non-hydrogen) atoms. The number of H-pyrrole nitrogens is 1. The lowest BCUT2D eigenvalue weighted by atomic mass is 10.3. The van der Waals surface area contributed by atoms with Gasteiger partial charge in [0.25, 0.3) is 0 Å². The van der Waals surface area contributed by atoms with Crippen LogP contribution in [0.1, 0.15) is 5.69 Å². The van der Waals surface area contributed by atoms with Gasteiger partial charge in [-0.15, -0.1) is 0 Å². The number of hydrogen-bond donors (Lipinski definition) is 2. The molecule has 0 atom stereocenters. The van der Waals surface area contributed by atoms with Gasteiger partial charge in [0.05, 0.1) is 5.69 Å². The van der Waals surface area contributed by atoms with E-state index in [1.807, 2.05) is 0 Å². The molecule has 0 saturated carbocycles. The zero-order valence-electron chi connectivity index (χ0n) is 5.19. The van der Waals surface area contributed by atoms with Crippen LogP contribution in [-0.2, 0) is 6.42 Å². The fourth-order valence-electron chi connectivity index (χ4n) is 0.661. The van der Waals surface area contributed by atoms with Crippen molar-refractivity contribution in [3.8, 4) is 0 Å². The van der Waals surface area contributed by atoms with Crippen molar-refractivity contribution in [3.05, 3.63) is 13.2 Å². The summed E-state index contributed by atoms with van der Waals surface area (Å²) in [6, 6.07) is 0. The van der Waals surface area contributed by atoms with E-state index in [0.717, 1.165) is 19.6 Å². The highest BCUT2D eigenvalue weighted by atomic mass is 127. The van der Waals surface area contributed by atoms with Crippen LogP contribution in [0.5, 0.6) is 0 Å². The molecular weight excluding hydrogens is 356 g/mol. The van der Waals surface area contributed by atoms with Crippen LogP contribution in [-0.4, -0.2) is 16.5 Å². The quantitative estimate of drug-likeness (QED) is 0.775. The molecule has 0 amide bonds. The minimum absolute atomic E-state index is 0.664. The minimum atomic E-state index is 0.664. The Morgan fingerprint density at radius 1 is 1.50 bits per heavy atom.